The molecule has 1 amide bonds. The van der Waals surface area contributed by atoms with Crippen molar-refractivity contribution in [2.24, 2.45) is 0 Å². The molecule has 30 heavy (non-hydrogen) atoms. The van der Waals surface area contributed by atoms with E-state index < -0.39 is 0 Å². The van der Waals surface area contributed by atoms with Crippen LogP contribution in [0.2, 0.25) is 0 Å². The molecule has 0 unspecified atom stereocenters. The minimum Gasteiger partial charge on any atom is -0.361 e. The normalized spacial score (nSPS) is 25.0. The lowest BCUT2D eigenvalue weighted by molar-refractivity contribution is -0.117. The number of likely N-dealkylation sites (tertiary alicyclic amines) is 1. The minimum atomic E-state index is -0.316. The van der Waals surface area contributed by atoms with Gasteiger partial charge in [-0.25, -0.2) is 8.78 Å². The fourth-order valence-corrected chi connectivity index (χ4v) is 5.39. The summed E-state index contributed by atoms with van der Waals surface area (Å²) in [6, 6.07) is 11.5. The van der Waals surface area contributed by atoms with E-state index in [0.717, 1.165) is 48.8 Å². The molecule has 0 radical (unpaired) electrons. The van der Waals surface area contributed by atoms with E-state index in [1.54, 1.807) is 6.07 Å². The summed E-state index contributed by atoms with van der Waals surface area (Å²) >= 11 is 0. The average molecular weight is 409 g/mol. The van der Waals surface area contributed by atoms with Gasteiger partial charge in [0.1, 0.15) is 11.6 Å². The molecule has 3 heterocycles. The van der Waals surface area contributed by atoms with Gasteiger partial charge in [0.15, 0.2) is 0 Å². The molecule has 6 heteroatoms. The van der Waals surface area contributed by atoms with Crippen molar-refractivity contribution in [1.29, 1.82) is 0 Å². The summed E-state index contributed by atoms with van der Waals surface area (Å²) < 4.78 is 27.3. The van der Waals surface area contributed by atoms with Crippen LogP contribution in [0, 0.1) is 11.6 Å². The van der Waals surface area contributed by atoms with E-state index in [1.165, 1.54) is 24.3 Å². The third-order valence-corrected chi connectivity index (χ3v) is 6.86. The predicted octanol–water partition coefficient (Wildman–Crippen LogP) is 5.00. The molecule has 5 rings (SSSR count). The van der Waals surface area contributed by atoms with E-state index in [4.69, 9.17) is 0 Å². The highest BCUT2D eigenvalue weighted by Crippen LogP contribution is 2.44. The lowest BCUT2D eigenvalue weighted by Gasteiger charge is -2.48. The van der Waals surface area contributed by atoms with Crippen molar-refractivity contribution in [3.8, 4) is 0 Å². The van der Waals surface area contributed by atoms with Crippen LogP contribution in [0.3, 0.4) is 0 Å². The Kier molecular flexibility index (Phi) is 4.62. The summed E-state index contributed by atoms with van der Waals surface area (Å²) in [6.45, 7) is 3.83. The van der Waals surface area contributed by atoms with Crippen LogP contribution in [-0.2, 0) is 11.3 Å². The van der Waals surface area contributed by atoms with Crippen molar-refractivity contribution in [1.82, 2.24) is 9.88 Å². The third-order valence-electron chi connectivity index (χ3n) is 6.86. The highest BCUT2D eigenvalue weighted by Gasteiger charge is 2.49. The molecule has 0 aliphatic carbocycles. The molecule has 3 aromatic rings. The van der Waals surface area contributed by atoms with Crippen molar-refractivity contribution in [3.63, 3.8) is 0 Å². The quantitative estimate of drug-likeness (QED) is 0.662. The second-order valence-corrected chi connectivity index (χ2v) is 8.71. The van der Waals surface area contributed by atoms with E-state index in [1.807, 2.05) is 23.2 Å². The zero-order valence-electron chi connectivity index (χ0n) is 17.0. The monoisotopic (exact) mass is 409 g/mol. The van der Waals surface area contributed by atoms with Crippen LogP contribution in [-0.4, -0.2) is 33.9 Å². The summed E-state index contributed by atoms with van der Waals surface area (Å²) in [4.78, 5) is 20.2. The van der Waals surface area contributed by atoms with Gasteiger partial charge in [0, 0.05) is 48.3 Å². The average Bonchev–Trinajstić information content (AvgIpc) is 3.24. The summed E-state index contributed by atoms with van der Waals surface area (Å²) in [6.07, 6.45) is 4.99. The number of rotatable bonds is 3. The van der Waals surface area contributed by atoms with Crippen molar-refractivity contribution in [2.45, 2.75) is 50.7 Å². The number of anilines is 1. The number of piperidine rings is 1. The first-order valence-corrected chi connectivity index (χ1v) is 10.5. The number of nitrogens with zero attached hydrogens (tertiary/aromatic N) is 2. The van der Waals surface area contributed by atoms with Crippen LogP contribution < -0.4 is 4.90 Å². The fraction of sp³-hybridized carbons (Fsp3) is 0.375. The summed E-state index contributed by atoms with van der Waals surface area (Å²) in [5, 5.41) is 1.04. The Bertz CT molecular complexity index is 1110. The Morgan fingerprint density at radius 2 is 1.97 bits per heavy atom. The number of aromatic nitrogens is 1. The van der Waals surface area contributed by atoms with E-state index in [2.05, 4.69) is 16.8 Å². The Morgan fingerprint density at radius 1 is 1.13 bits per heavy atom. The number of benzene rings is 2. The Labute approximate surface area is 174 Å². The lowest BCUT2D eigenvalue weighted by atomic mass is 9.81. The maximum absolute atomic E-state index is 13.8. The van der Waals surface area contributed by atoms with Gasteiger partial charge in [0.05, 0.1) is 5.54 Å². The molecule has 2 aromatic carbocycles. The summed E-state index contributed by atoms with van der Waals surface area (Å²) in [7, 11) is 0. The number of amides is 1. The number of hydrogen-bond donors (Lipinski definition) is 1. The van der Waals surface area contributed by atoms with E-state index in [-0.39, 0.29) is 29.1 Å². The predicted molar refractivity (Wildman–Crippen MR) is 113 cm³/mol. The van der Waals surface area contributed by atoms with Gasteiger partial charge in [-0.15, -0.1) is 0 Å². The van der Waals surface area contributed by atoms with Gasteiger partial charge < -0.3 is 9.88 Å². The molecule has 4 nitrogen and oxygen atoms in total. The zero-order chi connectivity index (χ0) is 20.9. The Hall–Kier alpha value is -2.73. The smallest absolute Gasteiger partial charge is 0.227 e. The summed E-state index contributed by atoms with van der Waals surface area (Å²) in [5.41, 5.74) is 2.38. The summed E-state index contributed by atoms with van der Waals surface area (Å²) in [5.74, 6) is -0.476. The van der Waals surface area contributed by atoms with Gasteiger partial charge in [-0.1, -0.05) is 6.07 Å². The molecular weight excluding hydrogens is 384 g/mol. The second-order valence-electron chi connectivity index (χ2n) is 8.71. The van der Waals surface area contributed by atoms with Gasteiger partial charge in [-0.3, -0.25) is 9.69 Å². The highest BCUT2D eigenvalue weighted by atomic mass is 19.1. The highest BCUT2D eigenvalue weighted by molar-refractivity contribution is 5.97. The van der Waals surface area contributed by atoms with E-state index in [9.17, 15) is 13.6 Å². The first-order valence-electron chi connectivity index (χ1n) is 10.5. The number of hydrogen-bond acceptors (Lipinski definition) is 2. The Balaban J connectivity index is 1.37. The van der Waals surface area contributed by atoms with Gasteiger partial charge >= 0.3 is 0 Å². The largest absolute Gasteiger partial charge is 0.361 e. The van der Waals surface area contributed by atoms with Crippen LogP contribution in [0.1, 0.15) is 38.2 Å². The lowest BCUT2D eigenvalue weighted by Crippen LogP contribution is -2.56. The van der Waals surface area contributed by atoms with Crippen molar-refractivity contribution in [2.75, 3.05) is 11.4 Å². The van der Waals surface area contributed by atoms with Crippen LogP contribution in [0.5, 0.6) is 0 Å². The van der Waals surface area contributed by atoms with Crippen LogP contribution in [0.25, 0.3) is 10.9 Å². The Morgan fingerprint density at radius 3 is 2.77 bits per heavy atom. The topological polar surface area (TPSA) is 39.3 Å². The molecule has 1 N–H and O–H groups in total. The van der Waals surface area contributed by atoms with E-state index >= 15 is 0 Å². The van der Waals surface area contributed by atoms with Crippen molar-refractivity contribution in [3.05, 3.63) is 65.9 Å². The molecule has 2 aliphatic rings. The number of fused-ring (bicyclic) bond motifs is 1. The third kappa shape index (κ3) is 3.19. The molecule has 0 saturated carbocycles. The maximum atomic E-state index is 13.8. The fourth-order valence-electron chi connectivity index (χ4n) is 5.39. The number of carbonyl (C=O) groups is 1. The number of carbonyl (C=O) groups excluding carboxylic acids is 1. The first-order chi connectivity index (χ1) is 14.4. The molecule has 1 aromatic heterocycles. The maximum Gasteiger partial charge on any atom is 0.227 e. The minimum absolute atomic E-state index is 0.0832. The molecule has 2 aliphatic heterocycles. The second kappa shape index (κ2) is 7.20. The number of nitrogens with one attached hydrogen (secondary N) is 1. The molecule has 2 atom stereocenters. The van der Waals surface area contributed by atoms with Gasteiger partial charge in [-0.05, 0) is 68.1 Å². The molecule has 0 bridgehead atoms. The first kappa shape index (κ1) is 19.2. The molecule has 156 valence electrons. The molecule has 2 fully saturated rings. The van der Waals surface area contributed by atoms with Crippen molar-refractivity contribution >= 4 is 22.5 Å². The molecule has 2 saturated heterocycles. The van der Waals surface area contributed by atoms with Gasteiger partial charge in [-0.2, -0.15) is 0 Å². The zero-order valence-corrected chi connectivity index (χ0v) is 17.0. The standard InChI is InChI=1S/C24H25F2N3O/c1-16-13-24(8-7-23(30)29(24)20-4-2-3-18(25)11-20)9-10-28(16)15-17-14-27-22-12-19(26)5-6-21(17)22/h2-6,11-12,14,16,27H,7-10,13,15H2,1H3/t16-,24+/m1/s1. The van der Waals surface area contributed by atoms with Crippen LogP contribution >= 0.6 is 0 Å². The molecule has 1 spiro atoms. The van der Waals surface area contributed by atoms with E-state index in [0.29, 0.717) is 12.1 Å². The van der Waals surface area contributed by atoms with Crippen LogP contribution in [0.4, 0.5) is 14.5 Å². The van der Waals surface area contributed by atoms with Gasteiger partial charge in [0.2, 0.25) is 5.91 Å². The number of H-pyrrole nitrogens is 1. The van der Waals surface area contributed by atoms with Crippen LogP contribution in [0.15, 0.2) is 48.7 Å². The number of halogens is 2. The molecular formula is C24H25F2N3O. The number of aromatic amines is 1. The van der Waals surface area contributed by atoms with Crippen molar-refractivity contribution < 1.29 is 13.6 Å². The SMILES string of the molecule is C[C@@H]1C[C@]2(CCC(=O)N2c2cccc(F)c2)CCN1Cc1c[nH]c2cc(F)ccc12. The van der Waals surface area contributed by atoms with Gasteiger partial charge in [0.25, 0.3) is 0 Å².